The van der Waals surface area contributed by atoms with Crippen molar-refractivity contribution in [3.63, 3.8) is 0 Å². The fraction of sp³-hybridized carbons (Fsp3) is 0.250. The average molecular weight is 240 g/mol. The van der Waals surface area contributed by atoms with Crippen molar-refractivity contribution in [1.29, 1.82) is 5.26 Å². The van der Waals surface area contributed by atoms with E-state index in [0.29, 0.717) is 11.6 Å². The van der Waals surface area contributed by atoms with Crippen LogP contribution >= 0.6 is 0 Å². The van der Waals surface area contributed by atoms with E-state index in [4.69, 9.17) is 11.0 Å². The largest absolute Gasteiger partial charge is 0.423 e. The second-order valence-corrected chi connectivity index (χ2v) is 3.72. The molecule has 5 heteroatoms. The molecule has 90 valence electrons. The van der Waals surface area contributed by atoms with E-state index >= 15 is 0 Å². The van der Waals surface area contributed by atoms with Crippen LogP contribution in [0.1, 0.15) is 11.1 Å². The molecule has 0 heterocycles. The molecule has 0 amide bonds. The third-order valence-corrected chi connectivity index (χ3v) is 2.27. The second-order valence-electron chi connectivity index (χ2n) is 3.72. The van der Waals surface area contributed by atoms with Gasteiger partial charge in [0.05, 0.1) is 6.07 Å². The highest BCUT2D eigenvalue weighted by Crippen LogP contribution is 2.29. The summed E-state index contributed by atoms with van der Waals surface area (Å²) in [5.74, 6) is 0. The van der Waals surface area contributed by atoms with Gasteiger partial charge in [-0.15, -0.1) is 0 Å². The Kier molecular flexibility index (Phi) is 3.59. The molecule has 0 spiro atoms. The van der Waals surface area contributed by atoms with Crippen LogP contribution < -0.4 is 5.73 Å². The molecule has 0 radical (unpaired) electrons. The lowest BCUT2D eigenvalue weighted by Crippen LogP contribution is -2.50. The maximum atomic E-state index is 12.5. The molecule has 0 aliphatic carbocycles. The predicted octanol–water partition coefficient (Wildman–Crippen LogP) is 2.79. The molecular formula is C12H11F3N2. The standard InChI is InChI=1S/C12H11F3N2/c1-9-2-4-10(5-3-9)6-7-11(17,8-16)12(13,14)15/h2-7H,17H2,1H3/b7-6+. The quantitative estimate of drug-likeness (QED) is 0.864. The van der Waals surface area contributed by atoms with Gasteiger partial charge >= 0.3 is 6.18 Å². The van der Waals surface area contributed by atoms with E-state index in [2.05, 4.69) is 0 Å². The summed E-state index contributed by atoms with van der Waals surface area (Å²) in [6.07, 6.45) is -2.93. The molecule has 1 unspecified atom stereocenters. The average Bonchev–Trinajstić information content (AvgIpc) is 2.26. The summed E-state index contributed by atoms with van der Waals surface area (Å²) in [4.78, 5) is 0. The lowest BCUT2D eigenvalue weighted by molar-refractivity contribution is -0.156. The molecule has 2 N–H and O–H groups in total. The van der Waals surface area contributed by atoms with Crippen LogP contribution in [-0.2, 0) is 0 Å². The molecule has 0 aliphatic rings. The summed E-state index contributed by atoms with van der Waals surface area (Å²) < 4.78 is 37.4. The molecular weight excluding hydrogens is 229 g/mol. The van der Waals surface area contributed by atoms with Gasteiger partial charge in [0.1, 0.15) is 0 Å². The van der Waals surface area contributed by atoms with Crippen LogP contribution in [0.4, 0.5) is 13.2 Å². The Morgan fingerprint density at radius 1 is 1.24 bits per heavy atom. The van der Waals surface area contributed by atoms with Gasteiger partial charge in [0, 0.05) is 0 Å². The van der Waals surface area contributed by atoms with Gasteiger partial charge in [-0.1, -0.05) is 35.9 Å². The molecule has 0 saturated heterocycles. The van der Waals surface area contributed by atoms with Gasteiger partial charge in [0.25, 0.3) is 0 Å². The number of benzene rings is 1. The number of hydrogen-bond donors (Lipinski definition) is 1. The highest BCUT2D eigenvalue weighted by atomic mass is 19.4. The third-order valence-electron chi connectivity index (χ3n) is 2.27. The van der Waals surface area contributed by atoms with E-state index in [1.807, 2.05) is 6.92 Å². The summed E-state index contributed by atoms with van der Waals surface area (Å²) in [6, 6.07) is 7.90. The second kappa shape index (κ2) is 4.60. The Balaban J connectivity index is 2.97. The molecule has 1 rings (SSSR count). The number of hydrogen-bond acceptors (Lipinski definition) is 2. The van der Waals surface area contributed by atoms with Gasteiger partial charge in [-0.3, -0.25) is 0 Å². The van der Waals surface area contributed by atoms with Crippen LogP contribution in [0.15, 0.2) is 30.3 Å². The number of nitrogens with two attached hydrogens (primary N) is 1. The van der Waals surface area contributed by atoms with Crippen molar-refractivity contribution in [2.45, 2.75) is 18.6 Å². The molecule has 17 heavy (non-hydrogen) atoms. The first-order chi connectivity index (χ1) is 7.78. The fourth-order valence-electron chi connectivity index (χ4n) is 1.10. The molecule has 1 atom stereocenters. The predicted molar refractivity (Wildman–Crippen MR) is 58.8 cm³/mol. The summed E-state index contributed by atoms with van der Waals surface area (Å²) in [5.41, 5.74) is 3.59. The van der Waals surface area contributed by atoms with Crippen LogP contribution in [0.2, 0.25) is 0 Å². The van der Waals surface area contributed by atoms with Crippen LogP contribution in [0.25, 0.3) is 6.08 Å². The third kappa shape index (κ3) is 3.08. The highest BCUT2D eigenvalue weighted by Gasteiger charge is 2.50. The number of nitrogens with zero attached hydrogens (tertiary/aromatic N) is 1. The van der Waals surface area contributed by atoms with E-state index in [1.165, 1.54) is 6.08 Å². The number of aryl methyl sites for hydroxylation is 1. The maximum absolute atomic E-state index is 12.5. The minimum absolute atomic E-state index is 0.560. The minimum atomic E-state index is -4.79. The molecule has 0 aliphatic heterocycles. The SMILES string of the molecule is Cc1ccc(/C=C/C(N)(C#N)C(F)(F)F)cc1. The highest BCUT2D eigenvalue weighted by molar-refractivity contribution is 5.53. The summed E-state index contributed by atoms with van der Waals surface area (Å²) >= 11 is 0. The van der Waals surface area contributed by atoms with Crippen molar-refractivity contribution in [3.05, 3.63) is 41.5 Å². The van der Waals surface area contributed by atoms with Crippen molar-refractivity contribution in [2.24, 2.45) is 5.73 Å². The van der Waals surface area contributed by atoms with Gasteiger partial charge in [0.2, 0.25) is 5.54 Å². The molecule has 0 saturated carbocycles. The Morgan fingerprint density at radius 3 is 2.18 bits per heavy atom. The number of nitriles is 1. The molecule has 1 aromatic carbocycles. The van der Waals surface area contributed by atoms with Gasteiger partial charge in [0.15, 0.2) is 0 Å². The number of alkyl halides is 3. The fourth-order valence-corrected chi connectivity index (χ4v) is 1.10. The molecule has 0 aromatic heterocycles. The molecule has 2 nitrogen and oxygen atoms in total. The van der Waals surface area contributed by atoms with Gasteiger partial charge < -0.3 is 5.73 Å². The van der Waals surface area contributed by atoms with E-state index in [-0.39, 0.29) is 0 Å². The lowest BCUT2D eigenvalue weighted by atomic mass is 10.0. The van der Waals surface area contributed by atoms with E-state index < -0.39 is 11.7 Å². The summed E-state index contributed by atoms with van der Waals surface area (Å²) in [5, 5.41) is 8.50. The van der Waals surface area contributed by atoms with Crippen LogP contribution in [0, 0.1) is 18.3 Å². The zero-order chi connectivity index (χ0) is 13.1. The molecule has 0 fully saturated rings. The number of rotatable bonds is 2. The smallest absolute Gasteiger partial charge is 0.302 e. The van der Waals surface area contributed by atoms with Crippen LogP contribution in [0.3, 0.4) is 0 Å². The Morgan fingerprint density at radius 2 is 1.76 bits per heavy atom. The Hall–Kier alpha value is -1.80. The minimum Gasteiger partial charge on any atom is -0.302 e. The first-order valence-electron chi connectivity index (χ1n) is 4.81. The van der Waals surface area contributed by atoms with Gasteiger partial charge in [-0.2, -0.15) is 18.4 Å². The first-order valence-corrected chi connectivity index (χ1v) is 4.81. The first kappa shape index (κ1) is 13.3. The van der Waals surface area contributed by atoms with Gasteiger partial charge in [-0.05, 0) is 18.6 Å². The number of halogens is 3. The zero-order valence-corrected chi connectivity index (χ0v) is 9.12. The van der Waals surface area contributed by atoms with Crippen molar-refractivity contribution < 1.29 is 13.2 Å². The Bertz CT molecular complexity index is 454. The topological polar surface area (TPSA) is 49.8 Å². The molecule has 0 bridgehead atoms. The van der Waals surface area contributed by atoms with Crippen LogP contribution in [0.5, 0.6) is 0 Å². The van der Waals surface area contributed by atoms with E-state index in [1.54, 1.807) is 24.3 Å². The summed E-state index contributed by atoms with van der Waals surface area (Å²) in [6.45, 7) is 1.87. The van der Waals surface area contributed by atoms with Crippen molar-refractivity contribution in [3.8, 4) is 6.07 Å². The van der Waals surface area contributed by atoms with Crippen molar-refractivity contribution >= 4 is 6.08 Å². The zero-order valence-electron chi connectivity index (χ0n) is 9.12. The lowest BCUT2D eigenvalue weighted by Gasteiger charge is -2.20. The van der Waals surface area contributed by atoms with Crippen molar-refractivity contribution in [1.82, 2.24) is 0 Å². The maximum Gasteiger partial charge on any atom is 0.423 e. The van der Waals surface area contributed by atoms with Crippen LogP contribution in [-0.4, -0.2) is 11.7 Å². The monoisotopic (exact) mass is 240 g/mol. The van der Waals surface area contributed by atoms with Gasteiger partial charge in [-0.25, -0.2) is 0 Å². The van der Waals surface area contributed by atoms with E-state index in [9.17, 15) is 13.2 Å². The van der Waals surface area contributed by atoms with Crippen molar-refractivity contribution in [2.75, 3.05) is 0 Å². The normalized spacial score (nSPS) is 15.5. The Labute approximate surface area is 97.2 Å². The van der Waals surface area contributed by atoms with E-state index in [0.717, 1.165) is 11.6 Å². The molecule has 1 aromatic rings. The summed E-state index contributed by atoms with van der Waals surface area (Å²) in [7, 11) is 0.